The number of hydrogen-bond acceptors (Lipinski definition) is 3. The van der Waals surface area contributed by atoms with Crippen molar-refractivity contribution >= 4 is 5.91 Å². The Morgan fingerprint density at radius 1 is 1.23 bits per heavy atom. The van der Waals surface area contributed by atoms with Gasteiger partial charge in [0.25, 0.3) is 0 Å². The van der Waals surface area contributed by atoms with Crippen molar-refractivity contribution in [1.29, 1.82) is 0 Å². The minimum Gasteiger partial charge on any atom is -0.362 e. The Bertz CT molecular complexity index is 222. The van der Waals surface area contributed by atoms with Crippen LogP contribution >= 0.6 is 0 Å². The van der Waals surface area contributed by atoms with Crippen molar-refractivity contribution < 1.29 is 18.0 Å². The van der Waals surface area contributed by atoms with Crippen LogP contribution in [0.15, 0.2) is 24.8 Å². The zero-order valence-corrected chi connectivity index (χ0v) is 6.32. The summed E-state index contributed by atoms with van der Waals surface area (Å²) >= 11 is 0. The van der Waals surface area contributed by atoms with Crippen LogP contribution in [0.3, 0.4) is 0 Å². The topological polar surface area (TPSA) is 68.9 Å². The first kappa shape index (κ1) is 11.3. The van der Waals surface area contributed by atoms with Gasteiger partial charge in [-0.05, 0) is 6.07 Å². The summed E-state index contributed by atoms with van der Waals surface area (Å²) in [4.78, 5) is 16.5. The number of primary amides is 1. The first-order chi connectivity index (χ1) is 5.94. The van der Waals surface area contributed by atoms with Gasteiger partial charge in [-0.3, -0.25) is 4.79 Å². The van der Waals surface area contributed by atoms with Crippen molar-refractivity contribution in [3.05, 3.63) is 24.8 Å². The number of aromatic nitrogens is 2. The molecule has 13 heavy (non-hydrogen) atoms. The SMILES string of the molecule is NC(=O)C(F)(F)F.c1cncnc1. The quantitative estimate of drug-likeness (QED) is 0.652. The van der Waals surface area contributed by atoms with E-state index in [4.69, 9.17) is 4.79 Å². The third-order valence-electron chi connectivity index (χ3n) is 0.757. The second-order valence-electron chi connectivity index (χ2n) is 1.77. The number of nitrogens with zero attached hydrogens (tertiary/aromatic N) is 2. The Balaban J connectivity index is 0.000000223. The highest BCUT2D eigenvalue weighted by Crippen LogP contribution is 2.11. The van der Waals surface area contributed by atoms with E-state index in [0.29, 0.717) is 0 Å². The van der Waals surface area contributed by atoms with E-state index < -0.39 is 12.1 Å². The molecule has 72 valence electrons. The summed E-state index contributed by atoms with van der Waals surface area (Å²) < 4.78 is 32.1. The molecule has 0 saturated heterocycles. The highest BCUT2D eigenvalue weighted by Gasteiger charge is 2.35. The maximum Gasteiger partial charge on any atom is 0.470 e. The molecule has 1 amide bonds. The van der Waals surface area contributed by atoms with Gasteiger partial charge in [-0.25, -0.2) is 9.97 Å². The Kier molecular flexibility index (Phi) is 4.42. The number of nitrogens with two attached hydrogens (primary N) is 1. The molecule has 0 saturated carbocycles. The number of alkyl halides is 3. The number of hydrogen-bond donors (Lipinski definition) is 1. The fourth-order valence-corrected chi connectivity index (χ4v) is 0.253. The molecular weight excluding hydrogens is 187 g/mol. The van der Waals surface area contributed by atoms with E-state index in [1.165, 1.54) is 6.33 Å². The van der Waals surface area contributed by atoms with Crippen LogP contribution in [0.5, 0.6) is 0 Å². The number of carbonyl (C=O) groups excluding carboxylic acids is 1. The molecule has 2 N–H and O–H groups in total. The largest absolute Gasteiger partial charge is 0.470 e. The van der Waals surface area contributed by atoms with Crippen LogP contribution in [0.4, 0.5) is 13.2 Å². The van der Waals surface area contributed by atoms with E-state index in [2.05, 4.69) is 15.7 Å². The lowest BCUT2D eigenvalue weighted by atomic mass is 10.6. The standard InChI is InChI=1S/C4H4N2.C2H2F3NO/c1-2-5-4-6-3-1;3-2(4,5)1(6)7/h1-4H;(H2,6,7). The van der Waals surface area contributed by atoms with E-state index in [1.807, 2.05) is 0 Å². The summed E-state index contributed by atoms with van der Waals surface area (Å²) in [5.41, 5.74) is 3.81. The molecule has 0 radical (unpaired) electrons. The van der Waals surface area contributed by atoms with Crippen LogP contribution in [0.25, 0.3) is 0 Å². The molecule has 1 aromatic heterocycles. The fraction of sp³-hybridized carbons (Fsp3) is 0.167. The molecule has 1 heterocycles. The number of halogens is 3. The van der Waals surface area contributed by atoms with Crippen molar-refractivity contribution in [2.75, 3.05) is 0 Å². The lowest BCUT2D eigenvalue weighted by molar-refractivity contribution is -0.169. The van der Waals surface area contributed by atoms with Gasteiger partial charge in [0.05, 0.1) is 0 Å². The highest BCUT2D eigenvalue weighted by atomic mass is 19.4. The molecule has 1 rings (SSSR count). The second kappa shape index (κ2) is 5.07. The van der Waals surface area contributed by atoms with Gasteiger partial charge in [-0.15, -0.1) is 0 Å². The zero-order chi connectivity index (χ0) is 10.3. The predicted molar refractivity (Wildman–Crippen MR) is 37.3 cm³/mol. The zero-order valence-electron chi connectivity index (χ0n) is 6.32. The van der Waals surface area contributed by atoms with E-state index in [-0.39, 0.29) is 0 Å². The third-order valence-corrected chi connectivity index (χ3v) is 0.757. The van der Waals surface area contributed by atoms with Crippen LogP contribution in [0.2, 0.25) is 0 Å². The Morgan fingerprint density at radius 2 is 1.62 bits per heavy atom. The molecule has 0 aliphatic rings. The molecule has 0 unspecified atom stereocenters. The molecular formula is C6H6F3N3O. The average molecular weight is 193 g/mol. The van der Waals surface area contributed by atoms with Crippen LogP contribution in [-0.2, 0) is 4.79 Å². The molecule has 0 aliphatic heterocycles. The molecule has 0 aromatic carbocycles. The Morgan fingerprint density at radius 3 is 1.69 bits per heavy atom. The number of rotatable bonds is 0. The summed E-state index contributed by atoms with van der Waals surface area (Å²) in [6.45, 7) is 0. The molecule has 1 aromatic rings. The first-order valence-corrected chi connectivity index (χ1v) is 3.01. The van der Waals surface area contributed by atoms with Gasteiger partial charge < -0.3 is 5.73 Å². The van der Waals surface area contributed by atoms with Gasteiger partial charge in [0.2, 0.25) is 0 Å². The van der Waals surface area contributed by atoms with Crippen LogP contribution in [-0.4, -0.2) is 22.1 Å². The van der Waals surface area contributed by atoms with Gasteiger partial charge in [0, 0.05) is 12.4 Å². The van der Waals surface area contributed by atoms with Gasteiger partial charge in [-0.1, -0.05) is 0 Å². The van der Waals surface area contributed by atoms with Crippen molar-refractivity contribution in [3.8, 4) is 0 Å². The fourth-order valence-electron chi connectivity index (χ4n) is 0.253. The highest BCUT2D eigenvalue weighted by molar-refractivity contribution is 5.79. The predicted octanol–water partition coefficient (Wildman–Crippen LogP) is 0.511. The lowest BCUT2D eigenvalue weighted by Crippen LogP contribution is -2.30. The minimum absolute atomic E-state index is 1.50. The molecule has 0 atom stereocenters. The molecule has 0 fully saturated rings. The van der Waals surface area contributed by atoms with E-state index in [0.717, 1.165) is 0 Å². The van der Waals surface area contributed by atoms with Crippen LogP contribution in [0.1, 0.15) is 0 Å². The van der Waals surface area contributed by atoms with Gasteiger partial charge in [-0.2, -0.15) is 13.2 Å². The lowest BCUT2D eigenvalue weighted by Gasteiger charge is -1.95. The van der Waals surface area contributed by atoms with Gasteiger partial charge in [0.1, 0.15) is 6.33 Å². The summed E-state index contributed by atoms with van der Waals surface area (Å²) in [6, 6.07) is 1.78. The van der Waals surface area contributed by atoms with E-state index >= 15 is 0 Å². The van der Waals surface area contributed by atoms with Crippen molar-refractivity contribution in [2.45, 2.75) is 6.18 Å². The van der Waals surface area contributed by atoms with E-state index in [9.17, 15) is 13.2 Å². The molecule has 0 aliphatic carbocycles. The van der Waals surface area contributed by atoms with Gasteiger partial charge >= 0.3 is 12.1 Å². The number of carbonyl (C=O) groups is 1. The normalized spacial score (nSPS) is 9.77. The molecule has 0 spiro atoms. The Hall–Kier alpha value is -1.66. The Labute approximate surface area is 71.6 Å². The van der Waals surface area contributed by atoms with E-state index in [1.54, 1.807) is 18.5 Å². The first-order valence-electron chi connectivity index (χ1n) is 3.01. The average Bonchev–Trinajstić information content (AvgIpc) is 2.07. The van der Waals surface area contributed by atoms with Crippen molar-refractivity contribution in [3.63, 3.8) is 0 Å². The van der Waals surface area contributed by atoms with Gasteiger partial charge in [0.15, 0.2) is 0 Å². The maximum absolute atomic E-state index is 10.7. The minimum atomic E-state index is -4.86. The van der Waals surface area contributed by atoms with Crippen molar-refractivity contribution in [1.82, 2.24) is 9.97 Å². The van der Waals surface area contributed by atoms with Crippen molar-refractivity contribution in [2.24, 2.45) is 5.73 Å². The second-order valence-corrected chi connectivity index (χ2v) is 1.77. The number of amides is 1. The summed E-state index contributed by atoms with van der Waals surface area (Å²) in [5.74, 6) is -2.26. The summed E-state index contributed by atoms with van der Waals surface area (Å²) in [7, 11) is 0. The molecule has 4 nitrogen and oxygen atoms in total. The summed E-state index contributed by atoms with van der Waals surface area (Å²) in [6.07, 6.45) is 0.0139. The molecule has 0 bridgehead atoms. The van der Waals surface area contributed by atoms with Crippen LogP contribution in [0, 0.1) is 0 Å². The molecule has 7 heteroatoms. The summed E-state index contributed by atoms with van der Waals surface area (Å²) in [5, 5.41) is 0. The third kappa shape index (κ3) is 6.73. The van der Waals surface area contributed by atoms with Crippen LogP contribution < -0.4 is 5.73 Å². The smallest absolute Gasteiger partial charge is 0.362 e. The maximum atomic E-state index is 10.7. The monoisotopic (exact) mass is 193 g/mol.